The molecule has 4 aromatic rings. The number of ether oxygens (including phenoxy) is 3. The van der Waals surface area contributed by atoms with Crippen LogP contribution in [0.4, 0.5) is 4.79 Å². The molecular weight excluding hydrogens is 620 g/mol. The van der Waals surface area contributed by atoms with Crippen LogP contribution in [0.5, 0.6) is 0 Å². The maximum Gasteiger partial charge on any atom is 0.407 e. The molecule has 2 saturated heterocycles. The van der Waals surface area contributed by atoms with Gasteiger partial charge in [-0.15, -0.1) is 0 Å². The minimum atomic E-state index is -4.06. The van der Waals surface area contributed by atoms with Crippen molar-refractivity contribution >= 4 is 27.1 Å². The van der Waals surface area contributed by atoms with E-state index in [1.807, 2.05) is 79.1 Å². The van der Waals surface area contributed by atoms with E-state index >= 15 is 0 Å². The summed E-state index contributed by atoms with van der Waals surface area (Å²) in [5, 5.41) is 14.5. The van der Waals surface area contributed by atoms with Gasteiger partial charge in [-0.1, -0.05) is 74.5 Å². The Morgan fingerprint density at radius 1 is 1.04 bits per heavy atom. The van der Waals surface area contributed by atoms with Gasteiger partial charge in [0.05, 0.1) is 53.5 Å². The van der Waals surface area contributed by atoms with Crippen molar-refractivity contribution < 1.29 is 32.5 Å². The second kappa shape index (κ2) is 14.5. The van der Waals surface area contributed by atoms with Crippen molar-refractivity contribution in [3.63, 3.8) is 0 Å². The van der Waals surface area contributed by atoms with Crippen LogP contribution in [-0.2, 0) is 37.2 Å². The molecule has 0 bridgehead atoms. The molecular formula is C35H42N4O7S. The van der Waals surface area contributed by atoms with Gasteiger partial charge in [-0.2, -0.15) is 4.31 Å². The normalized spacial score (nSPS) is 20.8. The first-order chi connectivity index (χ1) is 22.7. The standard InChI is InChI=1S/C35H42N4O7S/c1-24(2)19-39(47(42,43)27-13-14-29-31(18-27)38(23-36-29)20-26-11-7-4-8-12-26)21-32(40)30(17-25-9-5-3-6-10-25)37-35(41)46-33-22-45-34-28(33)15-16-44-34/h3-14,18,23-24,28,30,32-34,40H,15-17,19-22H2,1-2H3,(H,37,41)/t28-,30-,32+,33-,34+/m0/s1. The Morgan fingerprint density at radius 3 is 2.49 bits per heavy atom. The van der Waals surface area contributed by atoms with Crippen LogP contribution in [0.2, 0.25) is 0 Å². The lowest BCUT2D eigenvalue weighted by Crippen LogP contribution is -2.51. The average Bonchev–Trinajstić information content (AvgIpc) is 3.79. The predicted octanol–water partition coefficient (Wildman–Crippen LogP) is 4.19. The average molecular weight is 663 g/mol. The summed E-state index contributed by atoms with van der Waals surface area (Å²) in [4.78, 5) is 17.7. The molecule has 6 rings (SSSR count). The topological polar surface area (TPSA) is 132 Å². The van der Waals surface area contributed by atoms with Crippen LogP contribution in [-0.4, -0.2) is 84.3 Å². The van der Waals surface area contributed by atoms with Crippen LogP contribution in [0.3, 0.4) is 0 Å². The number of nitrogens with one attached hydrogen (secondary N) is 1. The van der Waals surface area contributed by atoms with Crippen molar-refractivity contribution in [3.8, 4) is 0 Å². The number of nitrogens with zero attached hydrogens (tertiary/aromatic N) is 3. The van der Waals surface area contributed by atoms with E-state index in [2.05, 4.69) is 10.3 Å². The molecule has 2 aliphatic heterocycles. The first-order valence-electron chi connectivity index (χ1n) is 16.1. The van der Waals surface area contributed by atoms with Gasteiger partial charge in [0.1, 0.15) is 6.10 Å². The van der Waals surface area contributed by atoms with Crippen molar-refractivity contribution in [2.45, 2.75) is 62.7 Å². The van der Waals surface area contributed by atoms with Gasteiger partial charge >= 0.3 is 6.09 Å². The van der Waals surface area contributed by atoms with Gasteiger partial charge in [-0.05, 0) is 48.1 Å². The number of fused-ring (bicyclic) bond motifs is 2. The van der Waals surface area contributed by atoms with Crippen molar-refractivity contribution in [3.05, 3.63) is 96.3 Å². The van der Waals surface area contributed by atoms with Gasteiger partial charge < -0.3 is 29.2 Å². The van der Waals surface area contributed by atoms with E-state index in [0.29, 0.717) is 24.2 Å². The Kier molecular flexibility index (Phi) is 10.2. The Morgan fingerprint density at radius 2 is 1.77 bits per heavy atom. The Balaban J connectivity index is 1.22. The van der Waals surface area contributed by atoms with Gasteiger partial charge in [-0.25, -0.2) is 18.2 Å². The smallest absolute Gasteiger partial charge is 0.407 e. The maximum absolute atomic E-state index is 14.2. The highest BCUT2D eigenvalue weighted by molar-refractivity contribution is 7.89. The monoisotopic (exact) mass is 662 g/mol. The molecule has 2 N–H and O–H groups in total. The zero-order chi connectivity index (χ0) is 33.0. The van der Waals surface area contributed by atoms with Crippen LogP contribution >= 0.6 is 0 Å². The highest BCUT2D eigenvalue weighted by atomic mass is 32.2. The van der Waals surface area contributed by atoms with E-state index in [1.165, 1.54) is 4.31 Å². The van der Waals surface area contributed by atoms with Crippen molar-refractivity contribution in [2.24, 2.45) is 11.8 Å². The number of aliphatic hydroxyl groups excluding tert-OH is 1. The first-order valence-corrected chi connectivity index (χ1v) is 17.5. The second-order valence-electron chi connectivity index (χ2n) is 12.7. The number of alkyl carbamates (subject to hydrolysis) is 1. The Labute approximate surface area is 275 Å². The number of aromatic nitrogens is 2. The number of hydrogen-bond acceptors (Lipinski definition) is 8. The van der Waals surface area contributed by atoms with E-state index in [0.717, 1.165) is 17.5 Å². The van der Waals surface area contributed by atoms with E-state index in [-0.39, 0.29) is 49.1 Å². The van der Waals surface area contributed by atoms with Crippen LogP contribution in [0.15, 0.2) is 90.1 Å². The second-order valence-corrected chi connectivity index (χ2v) is 14.6. The number of hydrogen-bond donors (Lipinski definition) is 2. The molecule has 0 aliphatic carbocycles. The largest absolute Gasteiger partial charge is 0.443 e. The molecule has 2 aliphatic rings. The maximum atomic E-state index is 14.2. The van der Waals surface area contributed by atoms with E-state index < -0.39 is 34.4 Å². The number of imidazole rings is 1. The zero-order valence-electron chi connectivity index (χ0n) is 26.6. The highest BCUT2D eigenvalue weighted by Gasteiger charge is 2.44. The summed E-state index contributed by atoms with van der Waals surface area (Å²) in [5.74, 6) is -0.0648. The third-order valence-corrected chi connectivity index (χ3v) is 10.5. The van der Waals surface area contributed by atoms with Gasteiger partial charge in [0, 0.05) is 19.6 Å². The molecule has 0 saturated carbocycles. The SMILES string of the molecule is CC(C)CN(C[C@@H](O)[C@H](Cc1ccccc1)NC(=O)O[C@H]1CO[C@H]2OCC[C@H]21)S(=O)(=O)c1ccc2ncn(Cc3ccccc3)c2c1. The lowest BCUT2D eigenvalue weighted by molar-refractivity contribution is -0.0907. The summed E-state index contributed by atoms with van der Waals surface area (Å²) in [6, 6.07) is 23.4. The molecule has 0 spiro atoms. The van der Waals surface area contributed by atoms with Crippen LogP contribution in [0, 0.1) is 11.8 Å². The fraction of sp³-hybridized carbons (Fsp3) is 0.429. The molecule has 5 atom stereocenters. The number of rotatable bonds is 13. The van der Waals surface area contributed by atoms with E-state index in [4.69, 9.17) is 14.2 Å². The molecule has 11 nitrogen and oxygen atoms in total. The van der Waals surface area contributed by atoms with Gasteiger partial charge in [0.15, 0.2) is 6.29 Å². The van der Waals surface area contributed by atoms with Crippen molar-refractivity contribution in [1.29, 1.82) is 0 Å². The third-order valence-electron chi connectivity index (χ3n) is 8.70. The molecule has 250 valence electrons. The fourth-order valence-electron chi connectivity index (χ4n) is 6.29. The summed E-state index contributed by atoms with van der Waals surface area (Å²) >= 11 is 0. The number of benzene rings is 3. The molecule has 2 fully saturated rings. The minimum absolute atomic E-state index is 0.0289. The van der Waals surface area contributed by atoms with E-state index in [1.54, 1.807) is 24.5 Å². The molecule has 47 heavy (non-hydrogen) atoms. The zero-order valence-corrected chi connectivity index (χ0v) is 27.5. The quantitative estimate of drug-likeness (QED) is 0.218. The molecule has 1 aromatic heterocycles. The van der Waals surface area contributed by atoms with Gasteiger partial charge in [0.25, 0.3) is 0 Å². The molecule has 12 heteroatoms. The number of carbonyl (C=O) groups excluding carboxylic acids is 1. The lowest BCUT2D eigenvalue weighted by Gasteiger charge is -2.31. The van der Waals surface area contributed by atoms with Gasteiger partial charge in [0.2, 0.25) is 10.0 Å². The summed E-state index contributed by atoms with van der Waals surface area (Å²) in [6.07, 6.45) is -0.0509. The van der Waals surface area contributed by atoms with Crippen molar-refractivity contribution in [1.82, 2.24) is 19.2 Å². The molecule has 0 unspecified atom stereocenters. The summed E-state index contributed by atoms with van der Waals surface area (Å²) in [6.45, 7) is 5.12. The fourth-order valence-corrected chi connectivity index (χ4v) is 7.93. The predicted molar refractivity (Wildman–Crippen MR) is 176 cm³/mol. The number of carbonyl (C=O) groups is 1. The molecule has 0 radical (unpaired) electrons. The summed E-state index contributed by atoms with van der Waals surface area (Å²) in [5.41, 5.74) is 3.32. The molecule has 3 heterocycles. The van der Waals surface area contributed by atoms with Gasteiger partial charge in [-0.3, -0.25) is 0 Å². The Bertz CT molecular complexity index is 1750. The summed E-state index contributed by atoms with van der Waals surface area (Å²) in [7, 11) is -4.06. The van der Waals surface area contributed by atoms with E-state index in [9.17, 15) is 18.3 Å². The first kappa shape index (κ1) is 33.1. The van der Waals surface area contributed by atoms with Crippen molar-refractivity contribution in [2.75, 3.05) is 26.3 Å². The highest BCUT2D eigenvalue weighted by Crippen LogP contribution is 2.33. The number of amides is 1. The molecule has 1 amide bonds. The number of sulfonamides is 1. The summed E-state index contributed by atoms with van der Waals surface area (Å²) < 4.78 is 48.6. The van der Waals surface area contributed by atoms with Crippen LogP contribution < -0.4 is 5.32 Å². The Hall–Kier alpha value is -3.81. The lowest BCUT2D eigenvalue weighted by atomic mass is 10.0. The third kappa shape index (κ3) is 7.85. The minimum Gasteiger partial charge on any atom is -0.443 e. The number of aliphatic hydroxyl groups is 1. The molecule has 3 aromatic carbocycles. The van der Waals surface area contributed by atoms with Crippen LogP contribution in [0.25, 0.3) is 11.0 Å². The van der Waals surface area contributed by atoms with Crippen LogP contribution in [0.1, 0.15) is 31.4 Å².